The number of hydrogen-bond donors (Lipinski definition) is 0. The van der Waals surface area contributed by atoms with Crippen molar-refractivity contribution in [3.05, 3.63) is 22.8 Å². The van der Waals surface area contributed by atoms with Gasteiger partial charge in [-0.05, 0) is 62.0 Å². The zero-order chi connectivity index (χ0) is 12.0. The van der Waals surface area contributed by atoms with Crippen molar-refractivity contribution in [1.29, 1.82) is 0 Å². The van der Waals surface area contributed by atoms with Gasteiger partial charge in [0.15, 0.2) is 0 Å². The van der Waals surface area contributed by atoms with Crippen LogP contribution in [0.2, 0.25) is 0 Å². The minimum absolute atomic E-state index is 0.989. The number of hydrogen-bond acceptors (Lipinski definition) is 3. The largest absolute Gasteiger partial charge is 0.356 e. The van der Waals surface area contributed by atoms with Crippen molar-refractivity contribution in [3.8, 4) is 0 Å². The second-order valence-corrected chi connectivity index (χ2v) is 4.90. The van der Waals surface area contributed by atoms with Gasteiger partial charge in [-0.3, -0.25) is 0 Å². The lowest BCUT2D eigenvalue weighted by molar-refractivity contribution is 0.400. The summed E-state index contributed by atoms with van der Waals surface area (Å²) in [6, 6.07) is 3.98. The molecule has 0 N–H and O–H groups in total. The van der Waals surface area contributed by atoms with Crippen LogP contribution in [-0.4, -0.2) is 43.6 Å². The van der Waals surface area contributed by atoms with Gasteiger partial charge in [-0.15, -0.1) is 0 Å². The van der Waals surface area contributed by atoms with Crippen molar-refractivity contribution >= 4 is 21.7 Å². The smallest absolute Gasteiger partial charge is 0.142 e. The summed E-state index contributed by atoms with van der Waals surface area (Å²) in [4.78, 5) is 8.92. The summed E-state index contributed by atoms with van der Waals surface area (Å²) < 4.78 is 1.07. The van der Waals surface area contributed by atoms with E-state index in [2.05, 4.69) is 51.7 Å². The number of pyridine rings is 1. The Bertz CT molecular complexity index is 315. The van der Waals surface area contributed by atoms with Gasteiger partial charge >= 0.3 is 0 Å². The van der Waals surface area contributed by atoms with E-state index in [-0.39, 0.29) is 0 Å². The molecule has 0 saturated heterocycles. The Morgan fingerprint density at radius 2 is 2.06 bits per heavy atom. The van der Waals surface area contributed by atoms with Crippen LogP contribution in [0.5, 0.6) is 0 Å². The molecule has 1 rings (SSSR count). The molecule has 0 aliphatic rings. The SMILES string of the molecule is CCN(CCCN(C)C)c1ncccc1Br. The minimum Gasteiger partial charge on any atom is -0.356 e. The summed E-state index contributed by atoms with van der Waals surface area (Å²) in [6.07, 6.45) is 3.00. The van der Waals surface area contributed by atoms with E-state index < -0.39 is 0 Å². The van der Waals surface area contributed by atoms with Gasteiger partial charge in [-0.2, -0.15) is 0 Å². The zero-order valence-corrected chi connectivity index (χ0v) is 11.9. The van der Waals surface area contributed by atoms with Crippen LogP contribution in [-0.2, 0) is 0 Å². The monoisotopic (exact) mass is 285 g/mol. The van der Waals surface area contributed by atoms with Crippen molar-refractivity contribution < 1.29 is 0 Å². The lowest BCUT2D eigenvalue weighted by Gasteiger charge is -2.23. The van der Waals surface area contributed by atoms with Gasteiger partial charge in [0, 0.05) is 19.3 Å². The van der Waals surface area contributed by atoms with Crippen LogP contribution in [0.25, 0.3) is 0 Å². The lowest BCUT2D eigenvalue weighted by atomic mass is 10.3. The van der Waals surface area contributed by atoms with Crippen molar-refractivity contribution in [3.63, 3.8) is 0 Å². The second kappa shape index (κ2) is 6.86. The molecular formula is C12H20BrN3. The first kappa shape index (κ1) is 13.5. The molecule has 1 aromatic heterocycles. The molecule has 3 nitrogen and oxygen atoms in total. The average Bonchev–Trinajstić information content (AvgIpc) is 2.25. The van der Waals surface area contributed by atoms with Crippen molar-refractivity contribution in [1.82, 2.24) is 9.88 Å². The molecule has 0 amide bonds. The first-order valence-electron chi connectivity index (χ1n) is 5.65. The van der Waals surface area contributed by atoms with Gasteiger partial charge < -0.3 is 9.80 Å². The second-order valence-electron chi connectivity index (χ2n) is 4.05. The Morgan fingerprint density at radius 3 is 2.62 bits per heavy atom. The Hall–Kier alpha value is -0.610. The topological polar surface area (TPSA) is 19.4 Å². The Kier molecular flexibility index (Phi) is 5.77. The maximum atomic E-state index is 4.41. The van der Waals surface area contributed by atoms with Crippen LogP contribution in [0.3, 0.4) is 0 Å². The van der Waals surface area contributed by atoms with Gasteiger partial charge in [0.05, 0.1) is 4.47 Å². The first-order chi connectivity index (χ1) is 7.65. The fraction of sp³-hybridized carbons (Fsp3) is 0.583. The summed E-state index contributed by atoms with van der Waals surface area (Å²) in [5.74, 6) is 1.05. The van der Waals surface area contributed by atoms with Crippen LogP contribution in [0.4, 0.5) is 5.82 Å². The fourth-order valence-electron chi connectivity index (χ4n) is 1.60. The molecule has 0 aliphatic carbocycles. The average molecular weight is 286 g/mol. The molecule has 0 atom stereocenters. The predicted octanol–water partition coefficient (Wildman–Crippen LogP) is 2.62. The van der Waals surface area contributed by atoms with Crippen LogP contribution < -0.4 is 4.90 Å². The molecule has 0 aromatic carbocycles. The summed E-state index contributed by atoms with van der Waals surface area (Å²) in [5.41, 5.74) is 0. The minimum atomic E-state index is 0.989. The van der Waals surface area contributed by atoms with Gasteiger partial charge in [0.1, 0.15) is 5.82 Å². The Morgan fingerprint density at radius 1 is 1.31 bits per heavy atom. The molecular weight excluding hydrogens is 266 g/mol. The highest BCUT2D eigenvalue weighted by atomic mass is 79.9. The number of rotatable bonds is 6. The highest BCUT2D eigenvalue weighted by Crippen LogP contribution is 2.22. The van der Waals surface area contributed by atoms with E-state index in [1.165, 1.54) is 0 Å². The maximum Gasteiger partial charge on any atom is 0.142 e. The summed E-state index contributed by atoms with van der Waals surface area (Å²) in [6.45, 7) is 5.31. The maximum absolute atomic E-state index is 4.41. The molecule has 1 heterocycles. The van der Waals surface area contributed by atoms with Gasteiger partial charge in [-0.1, -0.05) is 0 Å². The number of aromatic nitrogens is 1. The molecule has 1 aromatic rings. The van der Waals surface area contributed by atoms with Crippen molar-refractivity contribution in [2.45, 2.75) is 13.3 Å². The van der Waals surface area contributed by atoms with Crippen LogP contribution >= 0.6 is 15.9 Å². The lowest BCUT2D eigenvalue weighted by Crippen LogP contribution is -2.28. The molecule has 4 heteroatoms. The molecule has 0 saturated carbocycles. The molecule has 0 fully saturated rings. The van der Waals surface area contributed by atoms with Crippen LogP contribution in [0, 0.1) is 0 Å². The molecule has 90 valence electrons. The van der Waals surface area contributed by atoms with Crippen LogP contribution in [0.1, 0.15) is 13.3 Å². The van der Waals surface area contributed by atoms with E-state index in [1.54, 1.807) is 0 Å². The van der Waals surface area contributed by atoms with E-state index in [9.17, 15) is 0 Å². The van der Waals surface area contributed by atoms with Crippen molar-refractivity contribution in [2.24, 2.45) is 0 Å². The van der Waals surface area contributed by atoms with Crippen molar-refractivity contribution in [2.75, 3.05) is 38.6 Å². The highest BCUT2D eigenvalue weighted by Gasteiger charge is 2.08. The summed E-state index contributed by atoms with van der Waals surface area (Å²) in [7, 11) is 4.21. The van der Waals surface area contributed by atoms with Gasteiger partial charge in [0.25, 0.3) is 0 Å². The van der Waals surface area contributed by atoms with Gasteiger partial charge in [0.2, 0.25) is 0 Å². The molecule has 16 heavy (non-hydrogen) atoms. The molecule has 0 bridgehead atoms. The van der Waals surface area contributed by atoms with E-state index in [4.69, 9.17) is 0 Å². The first-order valence-corrected chi connectivity index (χ1v) is 6.44. The third-order valence-electron chi connectivity index (χ3n) is 2.45. The van der Waals surface area contributed by atoms with E-state index in [1.807, 2.05) is 18.3 Å². The van der Waals surface area contributed by atoms with Gasteiger partial charge in [-0.25, -0.2) is 4.98 Å². The fourth-order valence-corrected chi connectivity index (χ4v) is 2.11. The third-order valence-corrected chi connectivity index (χ3v) is 3.07. The third kappa shape index (κ3) is 4.10. The quantitative estimate of drug-likeness (QED) is 0.801. The predicted molar refractivity (Wildman–Crippen MR) is 73.0 cm³/mol. The zero-order valence-electron chi connectivity index (χ0n) is 10.3. The Labute approximate surface area is 107 Å². The molecule has 0 aliphatic heterocycles. The molecule has 0 unspecified atom stereocenters. The van der Waals surface area contributed by atoms with E-state index in [0.29, 0.717) is 0 Å². The van der Waals surface area contributed by atoms with E-state index >= 15 is 0 Å². The number of nitrogens with zero attached hydrogens (tertiary/aromatic N) is 3. The summed E-state index contributed by atoms with van der Waals surface area (Å²) in [5, 5.41) is 0. The standard InChI is InChI=1S/C12H20BrN3/c1-4-16(10-6-9-15(2)3)12-11(13)7-5-8-14-12/h5,7-8H,4,6,9-10H2,1-3H3. The normalized spacial score (nSPS) is 10.8. The van der Waals surface area contributed by atoms with E-state index in [0.717, 1.165) is 36.3 Å². The molecule has 0 radical (unpaired) electrons. The van der Waals surface area contributed by atoms with Crippen LogP contribution in [0.15, 0.2) is 22.8 Å². The Balaban J connectivity index is 2.57. The molecule has 0 spiro atoms. The number of halogens is 1. The summed E-state index contributed by atoms with van der Waals surface area (Å²) >= 11 is 3.54. The number of anilines is 1. The highest BCUT2D eigenvalue weighted by molar-refractivity contribution is 9.10.